The summed E-state index contributed by atoms with van der Waals surface area (Å²) in [6.45, 7) is 0.0722. The highest BCUT2D eigenvalue weighted by Gasteiger charge is 2.21. The highest BCUT2D eigenvalue weighted by Crippen LogP contribution is 2.24. The minimum atomic E-state index is -2.83. The predicted molar refractivity (Wildman–Crippen MR) is 110 cm³/mol. The quantitative estimate of drug-likeness (QED) is 0.560. The Morgan fingerprint density at radius 1 is 1.21 bits per heavy atom. The molecule has 0 bridgehead atoms. The number of benzene rings is 2. The van der Waals surface area contributed by atoms with E-state index < -0.39 is 6.61 Å². The maximum Gasteiger partial charge on any atom is 0.387 e. The monoisotopic (exact) mass is 420 g/mol. The Balaban J connectivity index is 1.44. The SMILES string of the molecule is C[C@H](c1nc2ccccc2s1)[NH+](C)CC(=O)NCCc1ccc(OC(F)F)cc1. The first-order valence-electron chi connectivity index (χ1n) is 9.40. The molecule has 2 N–H and O–H groups in total. The van der Waals surface area contributed by atoms with Gasteiger partial charge in [-0.2, -0.15) is 8.78 Å². The number of alkyl halides is 2. The standard InChI is InChI=1S/C21H23F2N3O2S/c1-14(20-25-17-5-3-4-6-18(17)29-20)26(2)13-19(27)24-12-11-15-7-9-16(10-8-15)28-21(22)23/h3-10,14,21H,11-13H2,1-2H3,(H,24,27)/p+1/t14-/m1/s1. The molecule has 1 heterocycles. The fraction of sp³-hybridized carbons (Fsp3) is 0.333. The number of hydrogen-bond acceptors (Lipinski definition) is 4. The first kappa shape index (κ1) is 21.1. The van der Waals surface area contributed by atoms with Gasteiger partial charge in [0.15, 0.2) is 11.6 Å². The van der Waals surface area contributed by atoms with Crippen LogP contribution in [-0.4, -0.2) is 37.6 Å². The van der Waals surface area contributed by atoms with Gasteiger partial charge in [-0.1, -0.05) is 24.3 Å². The Morgan fingerprint density at radius 3 is 2.62 bits per heavy atom. The number of nitrogens with zero attached hydrogens (tertiary/aromatic N) is 1. The summed E-state index contributed by atoms with van der Waals surface area (Å²) in [7, 11) is 1.98. The number of ether oxygens (including phenoxy) is 1. The zero-order valence-electron chi connectivity index (χ0n) is 16.3. The van der Waals surface area contributed by atoms with Crippen molar-refractivity contribution < 1.29 is 23.2 Å². The van der Waals surface area contributed by atoms with Crippen molar-refractivity contribution in [3.8, 4) is 5.75 Å². The molecule has 0 saturated heterocycles. The van der Waals surface area contributed by atoms with Crippen LogP contribution in [0.2, 0.25) is 0 Å². The molecule has 0 spiro atoms. The summed E-state index contributed by atoms with van der Waals surface area (Å²) in [5.74, 6) is 0.0926. The molecule has 3 rings (SSSR count). The second kappa shape index (κ2) is 9.76. The van der Waals surface area contributed by atoms with E-state index in [2.05, 4.69) is 28.0 Å². The lowest BCUT2D eigenvalue weighted by Gasteiger charge is -2.19. The number of fused-ring (bicyclic) bond motifs is 1. The third-order valence-corrected chi connectivity index (χ3v) is 5.96. The highest BCUT2D eigenvalue weighted by molar-refractivity contribution is 7.18. The molecular formula is C21H24F2N3O2S+. The third kappa shape index (κ3) is 5.95. The summed E-state index contributed by atoms with van der Waals surface area (Å²) >= 11 is 1.66. The number of carbonyl (C=O) groups is 1. The van der Waals surface area contributed by atoms with E-state index in [0.717, 1.165) is 25.7 Å². The molecule has 5 nitrogen and oxygen atoms in total. The van der Waals surface area contributed by atoms with Crippen LogP contribution in [0, 0.1) is 0 Å². The van der Waals surface area contributed by atoms with Crippen molar-refractivity contribution in [2.75, 3.05) is 20.1 Å². The Bertz CT molecular complexity index is 914. The number of thiazole rings is 1. The first-order valence-corrected chi connectivity index (χ1v) is 10.2. The van der Waals surface area contributed by atoms with Crippen molar-refractivity contribution in [1.29, 1.82) is 0 Å². The van der Waals surface area contributed by atoms with Crippen LogP contribution in [0.3, 0.4) is 0 Å². The molecule has 0 aliphatic heterocycles. The van der Waals surface area contributed by atoms with Gasteiger partial charge in [0.05, 0.1) is 17.3 Å². The van der Waals surface area contributed by atoms with Gasteiger partial charge in [0.2, 0.25) is 0 Å². The molecule has 0 aliphatic carbocycles. The molecule has 2 atom stereocenters. The molecule has 154 valence electrons. The van der Waals surface area contributed by atoms with Gasteiger partial charge in [0.25, 0.3) is 5.91 Å². The topological polar surface area (TPSA) is 55.7 Å². The van der Waals surface area contributed by atoms with Crippen molar-refractivity contribution in [1.82, 2.24) is 10.3 Å². The Kier molecular flexibility index (Phi) is 7.11. The van der Waals surface area contributed by atoms with E-state index in [4.69, 9.17) is 0 Å². The zero-order chi connectivity index (χ0) is 20.8. The van der Waals surface area contributed by atoms with E-state index in [1.807, 2.05) is 25.2 Å². The lowest BCUT2D eigenvalue weighted by molar-refractivity contribution is -0.902. The van der Waals surface area contributed by atoms with Gasteiger partial charge in [0.1, 0.15) is 11.8 Å². The smallest absolute Gasteiger partial charge is 0.387 e. The molecule has 2 aromatic carbocycles. The lowest BCUT2D eigenvalue weighted by atomic mass is 10.1. The second-order valence-corrected chi connectivity index (χ2v) is 7.95. The van der Waals surface area contributed by atoms with Gasteiger partial charge in [0, 0.05) is 6.54 Å². The Morgan fingerprint density at radius 2 is 1.93 bits per heavy atom. The minimum absolute atomic E-state index is 0.0342. The van der Waals surface area contributed by atoms with Crippen LogP contribution < -0.4 is 15.0 Å². The number of hydrogen-bond donors (Lipinski definition) is 2. The maximum atomic E-state index is 12.3. The van der Waals surface area contributed by atoms with Gasteiger partial charge in [-0.15, -0.1) is 11.3 Å². The Hall–Kier alpha value is -2.58. The lowest BCUT2D eigenvalue weighted by Crippen LogP contribution is -3.10. The number of carbonyl (C=O) groups excluding carboxylic acids is 1. The van der Waals surface area contributed by atoms with Crippen molar-refractivity contribution in [3.63, 3.8) is 0 Å². The minimum Gasteiger partial charge on any atom is -0.435 e. The van der Waals surface area contributed by atoms with Crippen LogP contribution in [0.4, 0.5) is 8.78 Å². The van der Waals surface area contributed by atoms with E-state index >= 15 is 0 Å². The van der Waals surface area contributed by atoms with Crippen molar-refractivity contribution in [2.45, 2.75) is 26.0 Å². The van der Waals surface area contributed by atoms with Gasteiger partial charge in [-0.25, -0.2) is 4.98 Å². The zero-order valence-corrected chi connectivity index (χ0v) is 17.1. The van der Waals surface area contributed by atoms with Gasteiger partial charge in [-0.05, 0) is 43.2 Å². The molecule has 1 unspecified atom stereocenters. The number of amides is 1. The van der Waals surface area contributed by atoms with Crippen LogP contribution in [-0.2, 0) is 11.2 Å². The van der Waals surface area contributed by atoms with E-state index in [0.29, 0.717) is 19.5 Å². The number of likely N-dealkylation sites (N-methyl/N-ethyl adjacent to an activating group) is 1. The Labute approximate surface area is 172 Å². The predicted octanol–water partition coefficient (Wildman–Crippen LogP) is 2.83. The van der Waals surface area contributed by atoms with Crippen LogP contribution >= 0.6 is 11.3 Å². The summed E-state index contributed by atoms with van der Waals surface area (Å²) in [5, 5.41) is 3.93. The van der Waals surface area contributed by atoms with Crippen LogP contribution in [0.25, 0.3) is 10.2 Å². The summed E-state index contributed by atoms with van der Waals surface area (Å²) in [4.78, 5) is 18.0. The molecule has 0 aliphatic rings. The van der Waals surface area contributed by atoms with Crippen LogP contribution in [0.1, 0.15) is 23.5 Å². The summed E-state index contributed by atoms with van der Waals surface area (Å²) in [6.07, 6.45) is 0.618. The average molecular weight is 421 g/mol. The van der Waals surface area contributed by atoms with Gasteiger partial charge in [-0.3, -0.25) is 4.79 Å². The number of nitrogens with one attached hydrogen (secondary N) is 2. The number of quaternary nitrogens is 1. The van der Waals surface area contributed by atoms with Crippen LogP contribution in [0.15, 0.2) is 48.5 Å². The van der Waals surface area contributed by atoms with E-state index in [1.165, 1.54) is 12.1 Å². The summed E-state index contributed by atoms with van der Waals surface area (Å²) in [6, 6.07) is 14.6. The number of rotatable bonds is 9. The van der Waals surface area contributed by atoms with Gasteiger partial charge >= 0.3 is 6.61 Å². The average Bonchev–Trinajstić information content (AvgIpc) is 3.12. The van der Waals surface area contributed by atoms with Gasteiger partial charge < -0.3 is 15.0 Å². The van der Waals surface area contributed by atoms with E-state index in [-0.39, 0.29) is 17.7 Å². The summed E-state index contributed by atoms with van der Waals surface area (Å²) < 4.78 is 29.8. The number of aromatic nitrogens is 1. The largest absolute Gasteiger partial charge is 0.435 e. The highest BCUT2D eigenvalue weighted by atomic mass is 32.1. The maximum absolute atomic E-state index is 12.3. The molecule has 8 heteroatoms. The number of halogens is 2. The van der Waals surface area contributed by atoms with Crippen molar-refractivity contribution >= 4 is 27.5 Å². The second-order valence-electron chi connectivity index (χ2n) is 6.89. The molecule has 0 saturated carbocycles. The first-order chi connectivity index (χ1) is 13.9. The molecule has 3 aromatic rings. The molecule has 0 radical (unpaired) electrons. The van der Waals surface area contributed by atoms with Crippen molar-refractivity contribution in [2.24, 2.45) is 0 Å². The summed E-state index contributed by atoms with van der Waals surface area (Å²) in [5.41, 5.74) is 1.93. The normalized spacial score (nSPS) is 13.4. The fourth-order valence-corrected chi connectivity index (χ4v) is 4.05. The van der Waals surface area contributed by atoms with E-state index in [9.17, 15) is 13.6 Å². The third-order valence-electron chi connectivity index (χ3n) is 4.74. The van der Waals surface area contributed by atoms with Crippen molar-refractivity contribution in [3.05, 3.63) is 59.1 Å². The van der Waals surface area contributed by atoms with Crippen LogP contribution in [0.5, 0.6) is 5.75 Å². The molecular weight excluding hydrogens is 396 g/mol. The number of para-hydroxylation sites is 1. The molecule has 1 amide bonds. The molecule has 29 heavy (non-hydrogen) atoms. The molecule has 0 fully saturated rings. The fourth-order valence-electron chi connectivity index (χ4n) is 2.94. The van der Waals surface area contributed by atoms with E-state index in [1.54, 1.807) is 23.5 Å². The molecule has 1 aromatic heterocycles.